The summed E-state index contributed by atoms with van der Waals surface area (Å²) in [5.74, 6) is 0.782. The third-order valence-corrected chi connectivity index (χ3v) is 5.20. The third kappa shape index (κ3) is 5.37. The van der Waals surface area contributed by atoms with Gasteiger partial charge in [0, 0.05) is 55.6 Å². The van der Waals surface area contributed by atoms with Gasteiger partial charge in [-0.1, -0.05) is 20.8 Å². The van der Waals surface area contributed by atoms with E-state index in [9.17, 15) is 0 Å². The Morgan fingerprint density at radius 1 is 1.19 bits per heavy atom. The van der Waals surface area contributed by atoms with Crippen LogP contribution in [0, 0.1) is 12.8 Å². The minimum Gasteiger partial charge on any atom is -0.312 e. The van der Waals surface area contributed by atoms with Crippen LogP contribution in [0.5, 0.6) is 0 Å². The van der Waals surface area contributed by atoms with Crippen molar-refractivity contribution in [1.29, 1.82) is 0 Å². The Balaban J connectivity index is 1.81. The maximum absolute atomic E-state index is 3.42. The van der Waals surface area contributed by atoms with Gasteiger partial charge in [0.25, 0.3) is 0 Å². The first-order valence-electron chi connectivity index (χ1n) is 8.32. The van der Waals surface area contributed by atoms with Crippen LogP contribution >= 0.6 is 11.3 Å². The molecule has 1 aromatic heterocycles. The Hall–Kier alpha value is -0.420. The number of piperazine rings is 1. The molecule has 0 unspecified atom stereocenters. The first-order chi connectivity index (χ1) is 10.1. The molecule has 1 N–H and O–H groups in total. The van der Waals surface area contributed by atoms with Gasteiger partial charge in [-0.15, -0.1) is 11.3 Å². The third-order valence-electron chi connectivity index (χ3n) is 4.10. The van der Waals surface area contributed by atoms with Gasteiger partial charge in [-0.05, 0) is 31.0 Å². The number of nitrogens with one attached hydrogen (secondary N) is 1. The van der Waals surface area contributed by atoms with E-state index >= 15 is 0 Å². The lowest BCUT2D eigenvalue weighted by Crippen LogP contribution is -2.46. The van der Waals surface area contributed by atoms with Crippen LogP contribution < -0.4 is 5.32 Å². The van der Waals surface area contributed by atoms with Crippen LogP contribution in [0.1, 0.15) is 36.1 Å². The molecule has 1 fully saturated rings. The fourth-order valence-corrected chi connectivity index (χ4v) is 3.99. The van der Waals surface area contributed by atoms with Crippen molar-refractivity contribution in [3.63, 3.8) is 0 Å². The van der Waals surface area contributed by atoms with Crippen LogP contribution in [0.2, 0.25) is 0 Å². The summed E-state index contributed by atoms with van der Waals surface area (Å²) in [5.41, 5.74) is 1.53. The first-order valence-corrected chi connectivity index (χ1v) is 9.13. The van der Waals surface area contributed by atoms with Crippen LogP contribution in [-0.4, -0.2) is 49.1 Å². The lowest BCUT2D eigenvalue weighted by molar-refractivity contribution is 0.117. The van der Waals surface area contributed by atoms with Crippen molar-refractivity contribution >= 4 is 11.3 Å². The topological polar surface area (TPSA) is 18.5 Å². The zero-order valence-electron chi connectivity index (χ0n) is 14.1. The van der Waals surface area contributed by atoms with E-state index in [1.54, 1.807) is 0 Å². The summed E-state index contributed by atoms with van der Waals surface area (Å²) >= 11 is 1.95. The highest BCUT2D eigenvalue weighted by Crippen LogP contribution is 2.23. The molecule has 1 aliphatic rings. The van der Waals surface area contributed by atoms with Crippen molar-refractivity contribution in [2.45, 2.75) is 40.8 Å². The zero-order valence-corrected chi connectivity index (χ0v) is 14.9. The minimum atomic E-state index is 0.782. The van der Waals surface area contributed by atoms with E-state index in [1.165, 1.54) is 48.0 Å². The lowest BCUT2D eigenvalue weighted by atomic mass is 10.1. The largest absolute Gasteiger partial charge is 0.312 e. The molecule has 0 amide bonds. The van der Waals surface area contributed by atoms with E-state index in [4.69, 9.17) is 0 Å². The molecule has 2 heterocycles. The van der Waals surface area contributed by atoms with Crippen LogP contribution in [0.4, 0.5) is 0 Å². The maximum atomic E-state index is 3.42. The number of aryl methyl sites for hydroxylation is 1. The predicted octanol–water partition coefficient (Wildman–Crippen LogP) is 2.94. The van der Waals surface area contributed by atoms with Crippen LogP contribution in [0.25, 0.3) is 0 Å². The second-order valence-corrected chi connectivity index (χ2v) is 7.89. The molecule has 0 saturated carbocycles. The van der Waals surface area contributed by atoms with Crippen LogP contribution in [-0.2, 0) is 13.1 Å². The molecule has 4 heteroatoms. The molecule has 3 nitrogen and oxygen atoms in total. The molecule has 0 aromatic carbocycles. The fourth-order valence-electron chi connectivity index (χ4n) is 2.97. The van der Waals surface area contributed by atoms with Gasteiger partial charge in [0.15, 0.2) is 0 Å². The molecule has 1 saturated heterocycles. The zero-order chi connectivity index (χ0) is 15.2. The van der Waals surface area contributed by atoms with Gasteiger partial charge >= 0.3 is 0 Å². The molecule has 21 heavy (non-hydrogen) atoms. The van der Waals surface area contributed by atoms with Crippen LogP contribution in [0.15, 0.2) is 6.07 Å². The number of hydrogen-bond donors (Lipinski definition) is 1. The highest BCUT2D eigenvalue weighted by atomic mass is 32.1. The van der Waals surface area contributed by atoms with Gasteiger partial charge in [-0.3, -0.25) is 4.90 Å². The van der Waals surface area contributed by atoms with Gasteiger partial charge in [-0.25, -0.2) is 0 Å². The van der Waals surface area contributed by atoms with E-state index in [-0.39, 0.29) is 0 Å². The summed E-state index contributed by atoms with van der Waals surface area (Å²) in [4.78, 5) is 8.19. The molecule has 0 aliphatic carbocycles. The van der Waals surface area contributed by atoms with Crippen molar-refractivity contribution in [3.05, 3.63) is 21.4 Å². The summed E-state index contributed by atoms with van der Waals surface area (Å²) < 4.78 is 0. The van der Waals surface area contributed by atoms with Gasteiger partial charge < -0.3 is 10.2 Å². The molecule has 0 radical (unpaired) electrons. The SMILES string of the molecule is CCNCc1cc(CN2CCN(CC(C)C)CC2)c(C)s1. The Bertz CT molecular complexity index is 420. The maximum Gasteiger partial charge on any atom is 0.0299 e. The number of thiophene rings is 1. The molecule has 120 valence electrons. The molecule has 0 spiro atoms. The van der Waals surface area contributed by atoms with Crippen LogP contribution in [0.3, 0.4) is 0 Å². The number of nitrogens with zero attached hydrogens (tertiary/aromatic N) is 2. The highest BCUT2D eigenvalue weighted by Gasteiger charge is 2.18. The number of rotatable bonds is 7. The van der Waals surface area contributed by atoms with Crippen molar-refractivity contribution in [1.82, 2.24) is 15.1 Å². The van der Waals surface area contributed by atoms with Crippen molar-refractivity contribution in [2.24, 2.45) is 5.92 Å². The first kappa shape index (κ1) is 16.9. The van der Waals surface area contributed by atoms with Crippen molar-refractivity contribution < 1.29 is 0 Å². The molecule has 1 aromatic rings. The lowest BCUT2D eigenvalue weighted by Gasteiger charge is -2.35. The smallest absolute Gasteiger partial charge is 0.0299 e. The average molecular weight is 310 g/mol. The molecule has 0 atom stereocenters. The normalized spacial score (nSPS) is 17.8. The Morgan fingerprint density at radius 3 is 2.48 bits per heavy atom. The number of hydrogen-bond acceptors (Lipinski definition) is 4. The summed E-state index contributed by atoms with van der Waals surface area (Å²) in [7, 11) is 0. The van der Waals surface area contributed by atoms with E-state index in [0.717, 1.165) is 25.6 Å². The molecule has 2 rings (SSSR count). The molecule has 1 aliphatic heterocycles. The van der Waals surface area contributed by atoms with Gasteiger partial charge in [-0.2, -0.15) is 0 Å². The van der Waals surface area contributed by atoms with Gasteiger partial charge in [0.2, 0.25) is 0 Å². The fraction of sp³-hybridized carbons (Fsp3) is 0.765. The van der Waals surface area contributed by atoms with Crippen molar-refractivity contribution in [3.8, 4) is 0 Å². The Labute approximate surface area is 134 Å². The second kappa shape index (κ2) is 8.28. The quantitative estimate of drug-likeness (QED) is 0.835. The Kier molecular flexibility index (Phi) is 6.68. The standard InChI is InChI=1S/C17H31N3S/c1-5-18-11-17-10-16(15(4)21-17)13-20-8-6-19(7-9-20)12-14(2)3/h10,14,18H,5-9,11-13H2,1-4H3. The summed E-state index contributed by atoms with van der Waals surface area (Å²) in [5, 5.41) is 3.42. The molecule has 0 bridgehead atoms. The average Bonchev–Trinajstić information content (AvgIpc) is 2.78. The van der Waals surface area contributed by atoms with E-state index in [1.807, 2.05) is 11.3 Å². The summed E-state index contributed by atoms with van der Waals surface area (Å²) in [6, 6.07) is 2.41. The van der Waals surface area contributed by atoms with E-state index in [0.29, 0.717) is 0 Å². The predicted molar refractivity (Wildman–Crippen MR) is 93.0 cm³/mol. The Morgan fingerprint density at radius 2 is 1.86 bits per heavy atom. The summed E-state index contributed by atoms with van der Waals surface area (Å²) in [6.45, 7) is 18.4. The second-order valence-electron chi connectivity index (χ2n) is 6.55. The monoisotopic (exact) mass is 309 g/mol. The van der Waals surface area contributed by atoms with E-state index < -0.39 is 0 Å². The highest BCUT2D eigenvalue weighted by molar-refractivity contribution is 7.12. The summed E-state index contributed by atoms with van der Waals surface area (Å²) in [6.07, 6.45) is 0. The molecular weight excluding hydrogens is 278 g/mol. The molecular formula is C17H31N3S. The van der Waals surface area contributed by atoms with E-state index in [2.05, 4.69) is 48.9 Å². The van der Waals surface area contributed by atoms with Gasteiger partial charge in [0.05, 0.1) is 0 Å². The van der Waals surface area contributed by atoms with Gasteiger partial charge in [0.1, 0.15) is 0 Å². The minimum absolute atomic E-state index is 0.782. The van der Waals surface area contributed by atoms with Crippen molar-refractivity contribution in [2.75, 3.05) is 39.3 Å².